The van der Waals surface area contributed by atoms with Crippen LogP contribution < -0.4 is 10.1 Å². The number of anilines is 1. The molecule has 6 aromatic rings. The van der Waals surface area contributed by atoms with Crippen molar-refractivity contribution >= 4 is 49.6 Å². The standard InChI is InChI=1S/C36H25N3O/c1-2-10-22(11-3-1)34-27-13-4-7-15-29(27)37-36(38-34)39-30-16-8-5-14-28(30)33-24-18-19-25-23-12-6-9-17-32(23)40-35(25)26(24)20-21-31(33)39/h1-16,18-21,32,36-37H,17H2. The molecule has 2 atom stereocenters. The first-order valence-corrected chi connectivity index (χ1v) is 13.9. The van der Waals surface area contributed by atoms with Gasteiger partial charge in [-0.1, -0.05) is 97.1 Å². The van der Waals surface area contributed by atoms with Crippen LogP contribution >= 0.6 is 0 Å². The second-order valence-electron chi connectivity index (χ2n) is 10.7. The molecule has 0 saturated carbocycles. The summed E-state index contributed by atoms with van der Waals surface area (Å²) in [6.07, 6.45) is 7.26. The number of allylic oxidation sites excluding steroid dienone is 2. The van der Waals surface area contributed by atoms with Crippen LogP contribution in [0.3, 0.4) is 0 Å². The molecule has 2 aliphatic heterocycles. The van der Waals surface area contributed by atoms with Crippen molar-refractivity contribution in [1.29, 1.82) is 0 Å². The molecule has 0 radical (unpaired) electrons. The minimum atomic E-state index is -0.297. The molecule has 0 spiro atoms. The summed E-state index contributed by atoms with van der Waals surface area (Å²) >= 11 is 0. The molecule has 3 heterocycles. The summed E-state index contributed by atoms with van der Waals surface area (Å²) < 4.78 is 8.90. The molecule has 0 saturated heterocycles. The van der Waals surface area contributed by atoms with Crippen LogP contribution in [0.25, 0.3) is 38.2 Å². The molecule has 0 bridgehead atoms. The number of nitrogens with zero attached hydrogens (tertiary/aromatic N) is 2. The fraction of sp³-hybridized carbons (Fsp3) is 0.0833. The third-order valence-electron chi connectivity index (χ3n) is 8.51. The van der Waals surface area contributed by atoms with E-state index in [0.717, 1.165) is 45.7 Å². The van der Waals surface area contributed by atoms with Crippen LogP contribution in [0.1, 0.15) is 29.4 Å². The lowest BCUT2D eigenvalue weighted by atomic mass is 9.94. The fourth-order valence-corrected chi connectivity index (χ4v) is 6.75. The van der Waals surface area contributed by atoms with E-state index >= 15 is 0 Å². The lowest BCUT2D eigenvalue weighted by Gasteiger charge is -2.28. The monoisotopic (exact) mass is 515 g/mol. The minimum Gasteiger partial charge on any atom is -0.484 e. The Balaban J connectivity index is 1.31. The number of aromatic nitrogens is 1. The van der Waals surface area contributed by atoms with E-state index in [-0.39, 0.29) is 12.4 Å². The molecule has 0 fully saturated rings. The number of hydrogen-bond donors (Lipinski definition) is 1. The molecule has 40 heavy (non-hydrogen) atoms. The predicted molar refractivity (Wildman–Crippen MR) is 164 cm³/mol. The van der Waals surface area contributed by atoms with Crippen molar-refractivity contribution in [3.63, 3.8) is 0 Å². The van der Waals surface area contributed by atoms with Gasteiger partial charge in [0, 0.05) is 50.5 Å². The zero-order valence-electron chi connectivity index (χ0n) is 21.7. The Morgan fingerprint density at radius 2 is 1.55 bits per heavy atom. The maximum atomic E-state index is 6.55. The van der Waals surface area contributed by atoms with Gasteiger partial charge in [0.2, 0.25) is 6.29 Å². The highest BCUT2D eigenvalue weighted by Crippen LogP contribution is 2.47. The van der Waals surface area contributed by atoms with Crippen LogP contribution in [0, 0.1) is 0 Å². The molecule has 1 aliphatic carbocycles. The summed E-state index contributed by atoms with van der Waals surface area (Å²) in [6.45, 7) is 0. The average molecular weight is 516 g/mol. The van der Waals surface area contributed by atoms with Gasteiger partial charge in [0.1, 0.15) is 11.9 Å². The molecule has 190 valence electrons. The van der Waals surface area contributed by atoms with Gasteiger partial charge < -0.3 is 14.6 Å². The largest absolute Gasteiger partial charge is 0.484 e. The van der Waals surface area contributed by atoms with Crippen molar-refractivity contribution < 1.29 is 4.74 Å². The second-order valence-corrected chi connectivity index (χ2v) is 10.7. The summed E-state index contributed by atoms with van der Waals surface area (Å²) in [6, 6.07) is 36.6. The SMILES string of the molecule is C1=CCC2Oc3c(ccc4c3ccc3c4c4ccccc4n3C3N=C(c4ccccc4)c4ccccc4N3)C2=C1. The summed E-state index contributed by atoms with van der Waals surface area (Å²) in [7, 11) is 0. The molecule has 5 aromatic carbocycles. The van der Waals surface area contributed by atoms with E-state index in [1.165, 1.54) is 32.7 Å². The Hall–Kier alpha value is -5.09. The van der Waals surface area contributed by atoms with Gasteiger partial charge in [-0.25, -0.2) is 4.99 Å². The van der Waals surface area contributed by atoms with Crippen LogP contribution in [0.2, 0.25) is 0 Å². The zero-order chi connectivity index (χ0) is 26.2. The predicted octanol–water partition coefficient (Wildman–Crippen LogP) is 8.47. The Kier molecular flexibility index (Phi) is 4.47. The molecular weight excluding hydrogens is 490 g/mol. The maximum Gasteiger partial charge on any atom is 0.201 e. The molecule has 4 heteroatoms. The van der Waals surface area contributed by atoms with Crippen molar-refractivity contribution in [2.45, 2.75) is 18.8 Å². The first-order chi connectivity index (χ1) is 19.8. The Labute approximate surface area is 231 Å². The Bertz CT molecular complexity index is 2100. The summed E-state index contributed by atoms with van der Waals surface area (Å²) in [4.78, 5) is 5.35. The van der Waals surface area contributed by atoms with E-state index in [1.807, 2.05) is 0 Å². The first-order valence-electron chi connectivity index (χ1n) is 13.9. The first kappa shape index (κ1) is 21.8. The number of fused-ring (bicyclic) bond motifs is 10. The second kappa shape index (κ2) is 8.20. The van der Waals surface area contributed by atoms with Gasteiger partial charge in [-0.3, -0.25) is 0 Å². The molecular formula is C36H25N3O. The van der Waals surface area contributed by atoms with Crippen LogP contribution in [0.15, 0.2) is 126 Å². The fourth-order valence-electron chi connectivity index (χ4n) is 6.75. The Morgan fingerprint density at radius 1 is 0.725 bits per heavy atom. The number of hydrogen-bond acceptors (Lipinski definition) is 3. The third kappa shape index (κ3) is 2.99. The Morgan fingerprint density at radius 3 is 2.50 bits per heavy atom. The molecule has 4 nitrogen and oxygen atoms in total. The number of nitrogens with one attached hydrogen (secondary N) is 1. The van der Waals surface area contributed by atoms with Gasteiger partial charge >= 0.3 is 0 Å². The summed E-state index contributed by atoms with van der Waals surface area (Å²) in [5, 5.41) is 8.57. The summed E-state index contributed by atoms with van der Waals surface area (Å²) in [5.74, 6) is 1.00. The quantitative estimate of drug-likeness (QED) is 0.251. The van der Waals surface area contributed by atoms with Crippen molar-refractivity contribution in [2.24, 2.45) is 4.99 Å². The highest BCUT2D eigenvalue weighted by molar-refractivity contribution is 6.22. The third-order valence-corrected chi connectivity index (χ3v) is 8.51. The van der Waals surface area contributed by atoms with E-state index in [1.54, 1.807) is 0 Å². The lowest BCUT2D eigenvalue weighted by Crippen LogP contribution is -2.24. The van der Waals surface area contributed by atoms with Gasteiger partial charge in [-0.15, -0.1) is 0 Å². The molecule has 0 amide bonds. The number of rotatable bonds is 2. The number of ether oxygens (including phenoxy) is 1. The van der Waals surface area contributed by atoms with E-state index in [9.17, 15) is 0 Å². The maximum absolute atomic E-state index is 6.55. The van der Waals surface area contributed by atoms with Gasteiger partial charge in [-0.2, -0.15) is 0 Å². The molecule has 3 aliphatic rings. The van der Waals surface area contributed by atoms with Crippen LogP contribution in [-0.2, 0) is 0 Å². The van der Waals surface area contributed by atoms with Crippen molar-refractivity contribution in [3.05, 3.63) is 138 Å². The highest BCUT2D eigenvalue weighted by Gasteiger charge is 2.31. The number of aliphatic imine (C=N–C) groups is 1. The van der Waals surface area contributed by atoms with E-state index in [2.05, 4.69) is 131 Å². The molecule has 9 rings (SSSR count). The van der Waals surface area contributed by atoms with Crippen LogP contribution in [-0.4, -0.2) is 16.4 Å². The van der Waals surface area contributed by atoms with E-state index in [0.29, 0.717) is 0 Å². The highest BCUT2D eigenvalue weighted by atomic mass is 16.5. The van der Waals surface area contributed by atoms with Crippen LogP contribution in [0.5, 0.6) is 5.75 Å². The topological polar surface area (TPSA) is 38.5 Å². The van der Waals surface area contributed by atoms with Crippen LogP contribution in [0.4, 0.5) is 5.69 Å². The summed E-state index contributed by atoms with van der Waals surface area (Å²) in [5.41, 5.74) is 9.13. The van der Waals surface area contributed by atoms with E-state index < -0.39 is 0 Å². The van der Waals surface area contributed by atoms with Gasteiger partial charge in [0.05, 0.1) is 16.7 Å². The van der Waals surface area contributed by atoms with Gasteiger partial charge in [0.25, 0.3) is 0 Å². The molecule has 2 unspecified atom stereocenters. The number of para-hydroxylation sites is 2. The van der Waals surface area contributed by atoms with E-state index in [4.69, 9.17) is 9.73 Å². The lowest BCUT2D eigenvalue weighted by molar-refractivity contribution is 0.282. The zero-order valence-corrected chi connectivity index (χ0v) is 21.7. The van der Waals surface area contributed by atoms with Gasteiger partial charge in [-0.05, 0) is 29.7 Å². The van der Waals surface area contributed by atoms with Crippen molar-refractivity contribution in [1.82, 2.24) is 4.57 Å². The smallest absolute Gasteiger partial charge is 0.201 e. The normalized spacial score (nSPS) is 19.0. The minimum absolute atomic E-state index is 0.111. The molecule has 1 aromatic heterocycles. The van der Waals surface area contributed by atoms with Crippen molar-refractivity contribution in [2.75, 3.05) is 5.32 Å². The molecule has 1 N–H and O–H groups in total. The van der Waals surface area contributed by atoms with Gasteiger partial charge in [0.15, 0.2) is 0 Å². The van der Waals surface area contributed by atoms with Crippen molar-refractivity contribution in [3.8, 4) is 5.75 Å². The average Bonchev–Trinajstić information content (AvgIpc) is 3.57. The number of benzene rings is 5.